The number of ether oxygens (including phenoxy) is 1. The summed E-state index contributed by atoms with van der Waals surface area (Å²) in [4.78, 5) is 42.2. The molecule has 0 bridgehead atoms. The van der Waals surface area contributed by atoms with E-state index in [0.29, 0.717) is 31.9 Å². The number of piperazine rings is 1. The topological polar surface area (TPSA) is 83.9 Å². The molecular formula is C25H30N4O4S. The minimum Gasteiger partial charge on any atom is -0.465 e. The van der Waals surface area contributed by atoms with Gasteiger partial charge in [0.2, 0.25) is 0 Å². The fourth-order valence-corrected chi connectivity index (χ4v) is 5.15. The molecule has 1 atom stereocenters. The predicted molar refractivity (Wildman–Crippen MR) is 132 cm³/mol. The van der Waals surface area contributed by atoms with Crippen LogP contribution in [0.5, 0.6) is 0 Å². The van der Waals surface area contributed by atoms with Crippen molar-refractivity contribution in [2.24, 2.45) is 0 Å². The Kier molecular flexibility index (Phi) is 7.21. The Hall–Kier alpha value is -3.33. The molecule has 1 fully saturated rings. The maximum Gasteiger partial charge on any atom is 0.325 e. The van der Waals surface area contributed by atoms with E-state index in [1.54, 1.807) is 23.2 Å². The van der Waals surface area contributed by atoms with Crippen LogP contribution in [0.4, 0.5) is 4.79 Å². The summed E-state index contributed by atoms with van der Waals surface area (Å²) in [5.74, 6) is -0.499. The number of carbonyl (C=O) groups is 3. The second-order valence-corrected chi connectivity index (χ2v) is 9.43. The van der Waals surface area contributed by atoms with Crippen LogP contribution in [-0.4, -0.2) is 71.1 Å². The van der Waals surface area contributed by atoms with Gasteiger partial charge in [-0.15, -0.1) is 11.3 Å². The summed E-state index contributed by atoms with van der Waals surface area (Å²) in [5, 5.41) is 5.71. The van der Waals surface area contributed by atoms with Crippen LogP contribution < -0.4 is 5.32 Å². The van der Waals surface area contributed by atoms with Crippen LogP contribution in [0.1, 0.15) is 35.5 Å². The number of nitrogens with one attached hydrogen (secondary N) is 1. The molecule has 2 aromatic heterocycles. The Morgan fingerprint density at radius 3 is 2.62 bits per heavy atom. The number of aryl methyl sites for hydroxylation is 1. The molecule has 1 saturated heterocycles. The van der Waals surface area contributed by atoms with E-state index < -0.39 is 5.97 Å². The molecular weight excluding hydrogens is 452 g/mol. The van der Waals surface area contributed by atoms with Gasteiger partial charge in [0.25, 0.3) is 5.91 Å². The van der Waals surface area contributed by atoms with E-state index in [0.717, 1.165) is 15.8 Å². The number of rotatable bonds is 6. The number of benzene rings is 1. The fourth-order valence-electron chi connectivity index (χ4n) is 4.25. The largest absolute Gasteiger partial charge is 0.465 e. The maximum absolute atomic E-state index is 13.6. The standard InChI is InChI=1S/C25H30N4O4S/c1-4-33-22(30)14-26-25(32)28-11-10-27(15-18(28)3)23(31)21-13-20-9-12-34-24(20)29(21)16-19-7-5-17(2)6-8-19/h5-9,12-13,18H,4,10-11,14-16H2,1-3H3,(H,26,32)/t18-/m1/s1. The molecule has 1 N–H and O–H groups in total. The van der Waals surface area contributed by atoms with E-state index >= 15 is 0 Å². The first kappa shape index (κ1) is 23.8. The van der Waals surface area contributed by atoms with Gasteiger partial charge in [-0.05, 0) is 43.8 Å². The molecule has 1 aliphatic rings. The summed E-state index contributed by atoms with van der Waals surface area (Å²) in [5.41, 5.74) is 3.00. The van der Waals surface area contributed by atoms with Gasteiger partial charge in [0.05, 0.1) is 6.61 Å². The van der Waals surface area contributed by atoms with Crippen molar-refractivity contribution < 1.29 is 19.1 Å². The average molecular weight is 483 g/mol. The lowest BCUT2D eigenvalue weighted by molar-refractivity contribution is -0.141. The van der Waals surface area contributed by atoms with Gasteiger partial charge in [0.1, 0.15) is 17.1 Å². The van der Waals surface area contributed by atoms with E-state index in [4.69, 9.17) is 4.74 Å². The fraction of sp³-hybridized carbons (Fsp3) is 0.400. The summed E-state index contributed by atoms with van der Waals surface area (Å²) in [6, 6.07) is 11.9. The first-order valence-corrected chi connectivity index (χ1v) is 12.4. The molecule has 1 aromatic carbocycles. The number of fused-ring (bicyclic) bond motifs is 1. The van der Waals surface area contributed by atoms with E-state index in [1.807, 2.05) is 29.3 Å². The lowest BCUT2D eigenvalue weighted by atomic mass is 10.1. The quantitative estimate of drug-likeness (QED) is 0.546. The average Bonchev–Trinajstić information content (AvgIpc) is 3.41. The van der Waals surface area contributed by atoms with E-state index in [1.165, 1.54) is 5.56 Å². The molecule has 1 aliphatic heterocycles. The van der Waals surface area contributed by atoms with Crippen molar-refractivity contribution in [3.63, 3.8) is 0 Å². The molecule has 3 heterocycles. The Morgan fingerprint density at radius 2 is 1.91 bits per heavy atom. The first-order valence-electron chi connectivity index (χ1n) is 11.5. The van der Waals surface area contributed by atoms with Crippen molar-refractivity contribution in [3.05, 3.63) is 58.6 Å². The Balaban J connectivity index is 1.46. The van der Waals surface area contributed by atoms with Gasteiger partial charge in [-0.3, -0.25) is 9.59 Å². The molecule has 180 valence electrons. The summed E-state index contributed by atoms with van der Waals surface area (Å²) in [7, 11) is 0. The highest BCUT2D eigenvalue weighted by molar-refractivity contribution is 7.16. The molecule has 0 spiro atoms. The molecule has 3 amide bonds. The van der Waals surface area contributed by atoms with Crippen LogP contribution >= 0.6 is 11.3 Å². The maximum atomic E-state index is 13.6. The zero-order chi connectivity index (χ0) is 24.2. The van der Waals surface area contributed by atoms with Crippen LogP contribution in [0.2, 0.25) is 0 Å². The zero-order valence-corrected chi connectivity index (χ0v) is 20.6. The number of hydrogen-bond donors (Lipinski definition) is 1. The van der Waals surface area contributed by atoms with Crippen molar-refractivity contribution in [2.75, 3.05) is 32.8 Å². The predicted octanol–water partition coefficient (Wildman–Crippen LogP) is 3.48. The van der Waals surface area contributed by atoms with Crippen LogP contribution in [0, 0.1) is 6.92 Å². The molecule has 9 heteroatoms. The van der Waals surface area contributed by atoms with Gasteiger partial charge in [0, 0.05) is 37.6 Å². The van der Waals surface area contributed by atoms with E-state index in [-0.39, 0.29) is 31.1 Å². The zero-order valence-electron chi connectivity index (χ0n) is 19.7. The number of nitrogens with zero attached hydrogens (tertiary/aromatic N) is 3. The van der Waals surface area contributed by atoms with Crippen LogP contribution in [0.25, 0.3) is 10.2 Å². The van der Waals surface area contributed by atoms with Crippen LogP contribution in [-0.2, 0) is 16.1 Å². The molecule has 8 nitrogen and oxygen atoms in total. The summed E-state index contributed by atoms with van der Waals surface area (Å²) in [6.45, 7) is 7.67. The minimum absolute atomic E-state index is 0.0334. The lowest BCUT2D eigenvalue weighted by Gasteiger charge is -2.39. The molecule has 0 aliphatic carbocycles. The second kappa shape index (κ2) is 10.3. The molecule has 4 rings (SSSR count). The molecule has 0 unspecified atom stereocenters. The normalized spacial score (nSPS) is 16.0. The number of hydrogen-bond acceptors (Lipinski definition) is 5. The third kappa shape index (κ3) is 5.09. The van der Waals surface area contributed by atoms with Crippen molar-refractivity contribution in [1.82, 2.24) is 19.7 Å². The number of carbonyl (C=O) groups excluding carboxylic acids is 3. The number of urea groups is 1. The monoisotopic (exact) mass is 482 g/mol. The Morgan fingerprint density at radius 1 is 1.15 bits per heavy atom. The highest BCUT2D eigenvalue weighted by atomic mass is 32.1. The van der Waals surface area contributed by atoms with Gasteiger partial charge in [-0.2, -0.15) is 0 Å². The minimum atomic E-state index is -0.466. The van der Waals surface area contributed by atoms with E-state index in [9.17, 15) is 14.4 Å². The van der Waals surface area contributed by atoms with Crippen molar-refractivity contribution in [3.8, 4) is 0 Å². The third-order valence-electron chi connectivity index (χ3n) is 6.05. The molecule has 0 radical (unpaired) electrons. The van der Waals surface area contributed by atoms with E-state index in [2.05, 4.69) is 41.1 Å². The Bertz CT molecular complexity index is 1180. The van der Waals surface area contributed by atoms with Crippen LogP contribution in [0.15, 0.2) is 41.8 Å². The third-order valence-corrected chi connectivity index (χ3v) is 7.00. The lowest BCUT2D eigenvalue weighted by Crippen LogP contribution is -2.58. The number of amides is 3. The number of thiophene rings is 1. The van der Waals surface area contributed by atoms with Gasteiger partial charge in [-0.25, -0.2) is 4.79 Å². The summed E-state index contributed by atoms with van der Waals surface area (Å²) < 4.78 is 6.95. The van der Waals surface area contributed by atoms with Gasteiger partial charge in [-0.1, -0.05) is 29.8 Å². The highest BCUT2D eigenvalue weighted by Gasteiger charge is 2.32. The van der Waals surface area contributed by atoms with Gasteiger partial charge < -0.3 is 24.4 Å². The van der Waals surface area contributed by atoms with Gasteiger partial charge in [0.15, 0.2) is 0 Å². The number of esters is 1. The molecule has 0 saturated carbocycles. The second-order valence-electron chi connectivity index (χ2n) is 8.54. The highest BCUT2D eigenvalue weighted by Crippen LogP contribution is 2.28. The SMILES string of the molecule is CCOC(=O)CNC(=O)N1CCN(C(=O)c2cc3ccsc3n2Cc2ccc(C)cc2)C[C@H]1C. The molecule has 34 heavy (non-hydrogen) atoms. The van der Waals surface area contributed by atoms with Gasteiger partial charge >= 0.3 is 12.0 Å². The summed E-state index contributed by atoms with van der Waals surface area (Å²) >= 11 is 1.63. The van der Waals surface area contributed by atoms with Crippen molar-refractivity contribution in [2.45, 2.75) is 33.4 Å². The molecule has 3 aromatic rings. The summed E-state index contributed by atoms with van der Waals surface area (Å²) in [6.07, 6.45) is 0. The van der Waals surface area contributed by atoms with Crippen molar-refractivity contribution in [1.29, 1.82) is 0 Å². The number of aromatic nitrogens is 1. The van der Waals surface area contributed by atoms with Crippen LogP contribution in [0.3, 0.4) is 0 Å². The first-order chi connectivity index (χ1) is 16.4. The smallest absolute Gasteiger partial charge is 0.325 e. The van der Waals surface area contributed by atoms with Crippen molar-refractivity contribution >= 4 is 39.5 Å². The Labute approximate surface area is 203 Å².